The van der Waals surface area contributed by atoms with Crippen LogP contribution in [0.5, 0.6) is 0 Å². The first kappa shape index (κ1) is 8.97. The molecule has 1 saturated heterocycles. The molecule has 0 radical (unpaired) electrons. The second-order valence-electron chi connectivity index (χ2n) is 3.61. The van der Waals surface area contributed by atoms with Crippen molar-refractivity contribution in [2.75, 3.05) is 32.8 Å². The molecule has 11 heavy (non-hydrogen) atoms. The van der Waals surface area contributed by atoms with Gasteiger partial charge in [-0.25, -0.2) is 0 Å². The van der Waals surface area contributed by atoms with Crippen molar-refractivity contribution in [3.63, 3.8) is 0 Å². The van der Waals surface area contributed by atoms with E-state index in [1.165, 1.54) is 0 Å². The normalized spacial score (nSPS) is 23.2. The van der Waals surface area contributed by atoms with E-state index in [1.54, 1.807) is 0 Å². The molecule has 1 atom stereocenters. The lowest BCUT2D eigenvalue weighted by molar-refractivity contribution is 0.0745. The molecule has 0 spiro atoms. The monoisotopic (exact) mass is 158 g/mol. The van der Waals surface area contributed by atoms with E-state index in [0.29, 0.717) is 18.4 Å². The van der Waals surface area contributed by atoms with Gasteiger partial charge in [0.15, 0.2) is 0 Å². The highest BCUT2D eigenvalue weighted by molar-refractivity contribution is 4.80. The second-order valence-corrected chi connectivity index (χ2v) is 3.61. The van der Waals surface area contributed by atoms with Crippen LogP contribution in [-0.2, 0) is 0 Å². The van der Waals surface area contributed by atoms with Crippen LogP contribution in [0, 0.1) is 11.8 Å². The summed E-state index contributed by atoms with van der Waals surface area (Å²) in [5.41, 5.74) is 5.48. The van der Waals surface area contributed by atoms with Gasteiger partial charge >= 0.3 is 0 Å². The topological polar surface area (TPSA) is 49.5 Å². The van der Waals surface area contributed by atoms with Crippen molar-refractivity contribution in [3.05, 3.63) is 0 Å². The molecule has 3 heteroatoms. The minimum absolute atomic E-state index is 0.295. The SMILES string of the molecule is CC(CO)CN1CC(CN)C1. The quantitative estimate of drug-likeness (QED) is 0.580. The van der Waals surface area contributed by atoms with E-state index in [0.717, 1.165) is 26.2 Å². The lowest BCUT2D eigenvalue weighted by Gasteiger charge is -2.39. The molecule has 66 valence electrons. The number of nitrogens with two attached hydrogens (primary N) is 1. The Labute approximate surface area is 68.2 Å². The van der Waals surface area contributed by atoms with Crippen LogP contribution in [0.2, 0.25) is 0 Å². The number of aliphatic hydroxyl groups is 1. The molecular weight excluding hydrogens is 140 g/mol. The van der Waals surface area contributed by atoms with E-state index in [4.69, 9.17) is 10.8 Å². The van der Waals surface area contributed by atoms with Crippen LogP contribution in [0.1, 0.15) is 6.92 Å². The molecule has 1 unspecified atom stereocenters. The Morgan fingerprint density at radius 1 is 1.64 bits per heavy atom. The second kappa shape index (κ2) is 4.04. The van der Waals surface area contributed by atoms with Gasteiger partial charge in [-0.05, 0) is 18.4 Å². The van der Waals surface area contributed by atoms with Gasteiger partial charge in [-0.2, -0.15) is 0 Å². The van der Waals surface area contributed by atoms with E-state index in [1.807, 2.05) is 0 Å². The standard InChI is InChI=1S/C8H18N2O/c1-7(6-11)3-10-4-8(2-9)5-10/h7-8,11H,2-6,9H2,1H3. The van der Waals surface area contributed by atoms with E-state index >= 15 is 0 Å². The molecule has 0 aromatic heterocycles. The summed E-state index contributed by atoms with van der Waals surface area (Å²) in [4.78, 5) is 2.35. The molecule has 0 aromatic carbocycles. The molecule has 0 aliphatic carbocycles. The summed E-state index contributed by atoms with van der Waals surface area (Å²) >= 11 is 0. The molecule has 0 aromatic rings. The Kier molecular flexibility index (Phi) is 3.30. The summed E-state index contributed by atoms with van der Waals surface area (Å²) < 4.78 is 0. The fourth-order valence-corrected chi connectivity index (χ4v) is 1.47. The zero-order valence-corrected chi connectivity index (χ0v) is 7.16. The Bertz CT molecular complexity index is 113. The number of hydrogen-bond acceptors (Lipinski definition) is 3. The predicted octanol–water partition coefficient (Wildman–Crippen LogP) is -0.495. The molecule has 0 bridgehead atoms. The fourth-order valence-electron chi connectivity index (χ4n) is 1.47. The minimum Gasteiger partial charge on any atom is -0.396 e. The van der Waals surface area contributed by atoms with Crippen LogP contribution in [-0.4, -0.2) is 42.8 Å². The zero-order chi connectivity index (χ0) is 8.27. The zero-order valence-electron chi connectivity index (χ0n) is 7.16. The molecular formula is C8H18N2O. The Morgan fingerprint density at radius 2 is 2.27 bits per heavy atom. The number of aliphatic hydroxyl groups excluding tert-OH is 1. The van der Waals surface area contributed by atoms with Crippen LogP contribution in [0.4, 0.5) is 0 Å². The molecule has 3 nitrogen and oxygen atoms in total. The van der Waals surface area contributed by atoms with Gasteiger partial charge in [0, 0.05) is 26.2 Å². The van der Waals surface area contributed by atoms with Crippen molar-refractivity contribution >= 4 is 0 Å². The van der Waals surface area contributed by atoms with Gasteiger partial charge < -0.3 is 15.7 Å². The van der Waals surface area contributed by atoms with Crippen molar-refractivity contribution in [3.8, 4) is 0 Å². The fraction of sp³-hybridized carbons (Fsp3) is 1.00. The molecule has 1 rings (SSSR count). The molecule has 1 aliphatic heterocycles. The summed E-state index contributed by atoms with van der Waals surface area (Å²) in [7, 11) is 0. The lowest BCUT2D eigenvalue weighted by Crippen LogP contribution is -2.51. The van der Waals surface area contributed by atoms with Crippen LogP contribution in [0.15, 0.2) is 0 Å². The highest BCUT2D eigenvalue weighted by atomic mass is 16.3. The highest BCUT2D eigenvalue weighted by Crippen LogP contribution is 2.15. The van der Waals surface area contributed by atoms with E-state index in [-0.39, 0.29) is 0 Å². The summed E-state index contributed by atoms with van der Waals surface area (Å²) in [6.45, 7) is 6.44. The Balaban J connectivity index is 2.04. The van der Waals surface area contributed by atoms with Gasteiger partial charge in [0.25, 0.3) is 0 Å². The van der Waals surface area contributed by atoms with Crippen molar-refractivity contribution in [1.82, 2.24) is 4.90 Å². The van der Waals surface area contributed by atoms with E-state index in [2.05, 4.69) is 11.8 Å². The maximum absolute atomic E-state index is 8.78. The molecule has 3 N–H and O–H groups in total. The largest absolute Gasteiger partial charge is 0.396 e. The molecule has 0 amide bonds. The molecule has 1 fully saturated rings. The van der Waals surface area contributed by atoms with Crippen molar-refractivity contribution < 1.29 is 5.11 Å². The van der Waals surface area contributed by atoms with Crippen LogP contribution in [0.25, 0.3) is 0 Å². The van der Waals surface area contributed by atoms with Crippen molar-refractivity contribution in [1.29, 1.82) is 0 Å². The number of hydrogen-bond donors (Lipinski definition) is 2. The van der Waals surface area contributed by atoms with Crippen LogP contribution >= 0.6 is 0 Å². The van der Waals surface area contributed by atoms with Gasteiger partial charge in [0.05, 0.1) is 0 Å². The first-order valence-corrected chi connectivity index (χ1v) is 4.29. The number of nitrogens with zero attached hydrogens (tertiary/aromatic N) is 1. The highest BCUT2D eigenvalue weighted by Gasteiger charge is 2.25. The van der Waals surface area contributed by atoms with Gasteiger partial charge in [-0.15, -0.1) is 0 Å². The van der Waals surface area contributed by atoms with Crippen molar-refractivity contribution in [2.24, 2.45) is 17.6 Å². The van der Waals surface area contributed by atoms with Gasteiger partial charge in [0.2, 0.25) is 0 Å². The smallest absolute Gasteiger partial charge is 0.0468 e. The van der Waals surface area contributed by atoms with Gasteiger partial charge in [0.1, 0.15) is 0 Å². The lowest BCUT2D eigenvalue weighted by atomic mass is 9.99. The Morgan fingerprint density at radius 3 is 2.73 bits per heavy atom. The molecule has 1 heterocycles. The summed E-state index contributed by atoms with van der Waals surface area (Å²) in [5, 5.41) is 8.78. The molecule has 0 saturated carbocycles. The van der Waals surface area contributed by atoms with Crippen LogP contribution in [0.3, 0.4) is 0 Å². The summed E-state index contributed by atoms with van der Waals surface area (Å²) in [6, 6.07) is 0. The summed E-state index contributed by atoms with van der Waals surface area (Å²) in [6.07, 6.45) is 0. The predicted molar refractivity (Wildman–Crippen MR) is 45.2 cm³/mol. The third-order valence-corrected chi connectivity index (χ3v) is 2.25. The maximum Gasteiger partial charge on any atom is 0.0468 e. The third kappa shape index (κ3) is 2.43. The first-order valence-electron chi connectivity index (χ1n) is 4.29. The first-order chi connectivity index (χ1) is 5.26. The van der Waals surface area contributed by atoms with E-state index in [9.17, 15) is 0 Å². The third-order valence-electron chi connectivity index (χ3n) is 2.25. The maximum atomic E-state index is 8.78. The van der Waals surface area contributed by atoms with Gasteiger partial charge in [-0.3, -0.25) is 0 Å². The Hall–Kier alpha value is -0.120. The summed E-state index contributed by atoms with van der Waals surface area (Å²) in [5.74, 6) is 1.12. The van der Waals surface area contributed by atoms with Crippen LogP contribution < -0.4 is 5.73 Å². The minimum atomic E-state index is 0.295. The van der Waals surface area contributed by atoms with E-state index < -0.39 is 0 Å². The average molecular weight is 158 g/mol. The van der Waals surface area contributed by atoms with Gasteiger partial charge in [-0.1, -0.05) is 6.92 Å². The average Bonchev–Trinajstić information content (AvgIpc) is 1.95. The number of likely N-dealkylation sites (tertiary alicyclic amines) is 1. The molecule has 1 aliphatic rings. The number of rotatable bonds is 4. The van der Waals surface area contributed by atoms with Crippen molar-refractivity contribution in [2.45, 2.75) is 6.92 Å².